The number of aliphatic imine (C=N–C) groups is 1. The molecule has 2 N–H and O–H groups in total. The number of nitrogens with one attached hydrogen (secondary N) is 2. The second kappa shape index (κ2) is 9.38. The molecular formula is C20H26N4OS. The van der Waals surface area contributed by atoms with Crippen LogP contribution in [0.4, 0.5) is 0 Å². The van der Waals surface area contributed by atoms with E-state index < -0.39 is 0 Å². The van der Waals surface area contributed by atoms with Crippen molar-refractivity contribution in [2.45, 2.75) is 39.4 Å². The smallest absolute Gasteiger partial charge is 0.223 e. The molecule has 0 atom stereocenters. The summed E-state index contributed by atoms with van der Waals surface area (Å²) >= 11 is 1.68. The number of carbonyl (C=O) groups is 1. The van der Waals surface area contributed by atoms with E-state index in [0.29, 0.717) is 13.0 Å². The summed E-state index contributed by atoms with van der Waals surface area (Å²) in [4.78, 5) is 18.9. The lowest BCUT2D eigenvalue weighted by Crippen LogP contribution is -2.38. The Balaban J connectivity index is 1.39. The molecular weight excluding hydrogens is 344 g/mol. The topological polar surface area (TPSA) is 56.7 Å². The van der Waals surface area contributed by atoms with Gasteiger partial charge in [-0.05, 0) is 46.9 Å². The number of amides is 1. The van der Waals surface area contributed by atoms with E-state index >= 15 is 0 Å². The Kier molecular flexibility index (Phi) is 6.66. The molecule has 0 bridgehead atoms. The first-order chi connectivity index (χ1) is 12.8. The van der Waals surface area contributed by atoms with Gasteiger partial charge in [0, 0.05) is 32.6 Å². The third-order valence-corrected chi connectivity index (χ3v) is 5.13. The molecule has 1 aliphatic rings. The molecule has 1 aromatic carbocycles. The fraction of sp³-hybridized carbons (Fsp3) is 0.400. The zero-order valence-corrected chi connectivity index (χ0v) is 16.0. The van der Waals surface area contributed by atoms with Crippen molar-refractivity contribution in [3.05, 3.63) is 57.8 Å². The summed E-state index contributed by atoms with van der Waals surface area (Å²) in [6.45, 7) is 5.77. The maximum absolute atomic E-state index is 12.4. The highest BCUT2D eigenvalue weighted by Gasteiger charge is 2.22. The Morgan fingerprint density at radius 3 is 2.62 bits per heavy atom. The van der Waals surface area contributed by atoms with Gasteiger partial charge in [-0.2, -0.15) is 11.3 Å². The summed E-state index contributed by atoms with van der Waals surface area (Å²) in [5.41, 5.74) is 3.76. The van der Waals surface area contributed by atoms with Crippen LogP contribution in [0, 0.1) is 0 Å². The van der Waals surface area contributed by atoms with Crippen LogP contribution in [0.5, 0.6) is 0 Å². The standard InChI is InChI=1S/C20H26N4OS/c1-2-21-20(23-12-16-9-11-26-15-16)22-10-5-8-19(25)24-13-17-6-3-4-7-18(17)14-24/h3-4,6-7,9,11,15H,2,5,8,10,12-14H2,1H3,(H2,21,22,23). The minimum absolute atomic E-state index is 0.225. The monoisotopic (exact) mass is 370 g/mol. The summed E-state index contributed by atoms with van der Waals surface area (Å²) in [6.07, 6.45) is 1.36. The lowest BCUT2D eigenvalue weighted by Gasteiger charge is -2.16. The minimum Gasteiger partial charge on any atom is -0.357 e. The van der Waals surface area contributed by atoms with Crippen LogP contribution in [0.15, 0.2) is 46.1 Å². The van der Waals surface area contributed by atoms with Crippen LogP contribution < -0.4 is 10.6 Å². The highest BCUT2D eigenvalue weighted by molar-refractivity contribution is 7.07. The number of carbonyl (C=O) groups excluding carboxylic acids is 1. The lowest BCUT2D eigenvalue weighted by molar-refractivity contribution is -0.131. The van der Waals surface area contributed by atoms with Crippen molar-refractivity contribution in [3.63, 3.8) is 0 Å². The Hall–Kier alpha value is -2.34. The van der Waals surface area contributed by atoms with Crippen LogP contribution in [-0.2, 0) is 24.4 Å². The number of guanidine groups is 1. The van der Waals surface area contributed by atoms with Gasteiger partial charge >= 0.3 is 0 Å². The van der Waals surface area contributed by atoms with Crippen molar-refractivity contribution >= 4 is 23.2 Å². The van der Waals surface area contributed by atoms with Crippen molar-refractivity contribution in [1.29, 1.82) is 0 Å². The fourth-order valence-corrected chi connectivity index (χ4v) is 3.67. The van der Waals surface area contributed by atoms with Gasteiger partial charge in [0.15, 0.2) is 5.96 Å². The average Bonchev–Trinajstić information content (AvgIpc) is 3.32. The number of hydrogen-bond donors (Lipinski definition) is 2. The van der Waals surface area contributed by atoms with Gasteiger partial charge in [0.2, 0.25) is 5.91 Å². The van der Waals surface area contributed by atoms with Crippen molar-refractivity contribution in [2.24, 2.45) is 4.99 Å². The molecule has 0 spiro atoms. The maximum Gasteiger partial charge on any atom is 0.223 e. The van der Waals surface area contributed by atoms with Crippen LogP contribution in [0.25, 0.3) is 0 Å². The van der Waals surface area contributed by atoms with Gasteiger partial charge in [0.05, 0.1) is 6.54 Å². The van der Waals surface area contributed by atoms with Crippen LogP contribution in [0.1, 0.15) is 36.5 Å². The van der Waals surface area contributed by atoms with Gasteiger partial charge < -0.3 is 15.5 Å². The number of thiophene rings is 1. The van der Waals surface area contributed by atoms with Crippen molar-refractivity contribution in [2.75, 3.05) is 13.1 Å². The fourth-order valence-electron chi connectivity index (χ4n) is 3.01. The molecule has 0 aliphatic carbocycles. The number of rotatable bonds is 7. The van der Waals surface area contributed by atoms with Gasteiger partial charge in [-0.3, -0.25) is 4.79 Å². The Labute approximate surface area is 159 Å². The first-order valence-electron chi connectivity index (χ1n) is 9.14. The molecule has 2 heterocycles. The van der Waals surface area contributed by atoms with E-state index in [1.807, 2.05) is 17.0 Å². The molecule has 26 heavy (non-hydrogen) atoms. The summed E-state index contributed by atoms with van der Waals surface area (Å²) in [7, 11) is 0. The van der Waals surface area contributed by atoms with E-state index in [-0.39, 0.29) is 5.91 Å². The molecule has 6 heteroatoms. The van der Waals surface area contributed by atoms with Crippen LogP contribution in [0.3, 0.4) is 0 Å². The van der Waals surface area contributed by atoms with Gasteiger partial charge in [0.1, 0.15) is 0 Å². The third-order valence-electron chi connectivity index (χ3n) is 4.40. The first-order valence-corrected chi connectivity index (χ1v) is 10.1. The van der Waals surface area contributed by atoms with Crippen LogP contribution in [-0.4, -0.2) is 29.9 Å². The molecule has 0 radical (unpaired) electrons. The van der Waals surface area contributed by atoms with E-state index in [4.69, 9.17) is 0 Å². The SMILES string of the molecule is CCNC(=NCc1ccsc1)NCCCC(=O)N1Cc2ccccc2C1. The van der Waals surface area contributed by atoms with E-state index in [2.05, 4.69) is 51.5 Å². The highest BCUT2D eigenvalue weighted by atomic mass is 32.1. The molecule has 1 amide bonds. The zero-order chi connectivity index (χ0) is 18.2. The molecule has 5 nitrogen and oxygen atoms in total. The van der Waals surface area contributed by atoms with E-state index in [0.717, 1.165) is 38.6 Å². The van der Waals surface area contributed by atoms with Gasteiger partial charge in [-0.25, -0.2) is 4.99 Å². The number of nitrogens with zero attached hydrogens (tertiary/aromatic N) is 2. The number of hydrogen-bond acceptors (Lipinski definition) is 3. The van der Waals surface area contributed by atoms with Gasteiger partial charge in [-0.1, -0.05) is 24.3 Å². The molecule has 138 valence electrons. The molecule has 0 saturated heterocycles. The molecule has 2 aromatic rings. The van der Waals surface area contributed by atoms with Gasteiger partial charge in [-0.15, -0.1) is 0 Å². The minimum atomic E-state index is 0.225. The lowest BCUT2D eigenvalue weighted by atomic mass is 10.1. The summed E-state index contributed by atoms with van der Waals surface area (Å²) < 4.78 is 0. The van der Waals surface area contributed by atoms with Crippen LogP contribution >= 0.6 is 11.3 Å². The molecule has 1 aromatic heterocycles. The predicted octanol–water partition coefficient (Wildman–Crippen LogP) is 3.13. The molecule has 0 fully saturated rings. The van der Waals surface area contributed by atoms with E-state index in [1.54, 1.807) is 11.3 Å². The Morgan fingerprint density at radius 2 is 1.96 bits per heavy atom. The van der Waals surface area contributed by atoms with Gasteiger partial charge in [0.25, 0.3) is 0 Å². The molecule has 0 saturated carbocycles. The summed E-state index contributed by atoms with van der Waals surface area (Å²) in [6, 6.07) is 10.4. The maximum atomic E-state index is 12.4. The van der Waals surface area contributed by atoms with Crippen molar-refractivity contribution < 1.29 is 4.79 Å². The molecule has 0 unspecified atom stereocenters. The first kappa shape index (κ1) is 18.5. The third kappa shape index (κ3) is 5.08. The van der Waals surface area contributed by atoms with E-state index in [9.17, 15) is 4.79 Å². The zero-order valence-electron chi connectivity index (χ0n) is 15.2. The largest absolute Gasteiger partial charge is 0.357 e. The molecule has 3 rings (SSSR count). The molecule has 1 aliphatic heterocycles. The quantitative estimate of drug-likeness (QED) is 0.447. The number of benzene rings is 1. The Morgan fingerprint density at radius 1 is 1.19 bits per heavy atom. The average molecular weight is 371 g/mol. The van der Waals surface area contributed by atoms with E-state index in [1.165, 1.54) is 16.7 Å². The Bertz CT molecular complexity index is 717. The van der Waals surface area contributed by atoms with Crippen molar-refractivity contribution in [3.8, 4) is 0 Å². The second-order valence-electron chi connectivity index (χ2n) is 6.38. The highest BCUT2D eigenvalue weighted by Crippen LogP contribution is 2.22. The predicted molar refractivity (Wildman–Crippen MR) is 107 cm³/mol. The summed E-state index contributed by atoms with van der Waals surface area (Å²) in [5, 5.41) is 10.7. The summed E-state index contributed by atoms with van der Waals surface area (Å²) in [5.74, 6) is 1.03. The van der Waals surface area contributed by atoms with Crippen LogP contribution in [0.2, 0.25) is 0 Å². The second-order valence-corrected chi connectivity index (χ2v) is 7.16. The normalized spacial score (nSPS) is 13.6. The van der Waals surface area contributed by atoms with Crippen molar-refractivity contribution in [1.82, 2.24) is 15.5 Å². The number of fused-ring (bicyclic) bond motifs is 1.